The minimum absolute atomic E-state index is 0.163. The zero-order valence-corrected chi connectivity index (χ0v) is 10.7. The van der Waals surface area contributed by atoms with Crippen LogP contribution < -0.4 is 21.3 Å². The number of nitrogens with two attached hydrogens (primary N) is 1. The van der Waals surface area contributed by atoms with Crippen molar-refractivity contribution in [3.05, 3.63) is 29.3 Å². The SMILES string of the molecule is COc1ccc(C#CCNC(C)=O)c(C(=O)NN)c1. The number of carbonyl (C=O) groups is 2. The summed E-state index contributed by atoms with van der Waals surface area (Å²) >= 11 is 0. The summed E-state index contributed by atoms with van der Waals surface area (Å²) in [6.45, 7) is 1.62. The molecule has 19 heavy (non-hydrogen) atoms. The number of amides is 2. The Kier molecular flexibility index (Phi) is 5.38. The van der Waals surface area contributed by atoms with E-state index in [4.69, 9.17) is 10.6 Å². The maximum Gasteiger partial charge on any atom is 0.266 e. The molecule has 0 saturated carbocycles. The first-order valence-corrected chi connectivity index (χ1v) is 5.50. The standard InChI is InChI=1S/C13H15N3O3/c1-9(17)15-7-3-4-10-5-6-11(19-2)8-12(10)13(18)16-14/h5-6,8H,7,14H2,1-2H3,(H,15,17)(H,16,18). The number of hydrogen-bond acceptors (Lipinski definition) is 4. The van der Waals surface area contributed by atoms with E-state index in [1.54, 1.807) is 18.2 Å². The fraction of sp³-hybridized carbons (Fsp3) is 0.231. The lowest BCUT2D eigenvalue weighted by Crippen LogP contribution is -2.30. The molecule has 6 heteroatoms. The number of nitrogens with one attached hydrogen (secondary N) is 2. The molecule has 0 spiro atoms. The number of hydrazine groups is 1. The summed E-state index contributed by atoms with van der Waals surface area (Å²) in [5, 5.41) is 2.54. The van der Waals surface area contributed by atoms with Gasteiger partial charge in [0.15, 0.2) is 0 Å². The number of carbonyl (C=O) groups excluding carboxylic acids is 2. The van der Waals surface area contributed by atoms with E-state index in [0.29, 0.717) is 16.9 Å². The van der Waals surface area contributed by atoms with Gasteiger partial charge in [0.2, 0.25) is 5.91 Å². The molecule has 0 atom stereocenters. The first kappa shape index (κ1) is 14.5. The Balaban J connectivity index is 2.99. The lowest BCUT2D eigenvalue weighted by atomic mass is 10.1. The molecular formula is C13H15N3O3. The van der Waals surface area contributed by atoms with Gasteiger partial charge >= 0.3 is 0 Å². The van der Waals surface area contributed by atoms with Crippen molar-refractivity contribution in [3.8, 4) is 17.6 Å². The third kappa shape index (κ3) is 4.33. The molecular weight excluding hydrogens is 246 g/mol. The van der Waals surface area contributed by atoms with Gasteiger partial charge in [0.25, 0.3) is 5.91 Å². The van der Waals surface area contributed by atoms with Crippen molar-refractivity contribution in [1.82, 2.24) is 10.7 Å². The van der Waals surface area contributed by atoms with Crippen molar-refractivity contribution in [2.45, 2.75) is 6.92 Å². The van der Waals surface area contributed by atoms with Gasteiger partial charge in [0.05, 0.1) is 19.2 Å². The third-order valence-corrected chi connectivity index (χ3v) is 2.25. The van der Waals surface area contributed by atoms with E-state index in [0.717, 1.165) is 0 Å². The number of benzene rings is 1. The molecule has 0 radical (unpaired) electrons. The Labute approximate surface area is 111 Å². The van der Waals surface area contributed by atoms with Crippen molar-refractivity contribution >= 4 is 11.8 Å². The Hall–Kier alpha value is -2.52. The lowest BCUT2D eigenvalue weighted by Gasteiger charge is -2.06. The molecule has 0 heterocycles. The predicted molar refractivity (Wildman–Crippen MR) is 70.2 cm³/mol. The zero-order chi connectivity index (χ0) is 14.3. The molecule has 2 amide bonds. The normalized spacial score (nSPS) is 9.00. The Morgan fingerprint density at radius 3 is 2.74 bits per heavy atom. The zero-order valence-electron chi connectivity index (χ0n) is 10.7. The molecule has 0 bridgehead atoms. The summed E-state index contributed by atoms with van der Waals surface area (Å²) in [4.78, 5) is 22.3. The highest BCUT2D eigenvalue weighted by Gasteiger charge is 2.10. The van der Waals surface area contributed by atoms with Gasteiger partial charge in [-0.05, 0) is 18.2 Å². The van der Waals surface area contributed by atoms with Crippen molar-refractivity contribution < 1.29 is 14.3 Å². The van der Waals surface area contributed by atoms with Crippen molar-refractivity contribution in [1.29, 1.82) is 0 Å². The third-order valence-electron chi connectivity index (χ3n) is 2.25. The van der Waals surface area contributed by atoms with Crippen LogP contribution in [0.4, 0.5) is 0 Å². The van der Waals surface area contributed by atoms with Gasteiger partial charge in [-0.3, -0.25) is 15.0 Å². The molecule has 0 fully saturated rings. The maximum absolute atomic E-state index is 11.6. The van der Waals surface area contributed by atoms with E-state index in [2.05, 4.69) is 17.2 Å². The minimum atomic E-state index is -0.456. The summed E-state index contributed by atoms with van der Waals surface area (Å²) in [5.41, 5.74) is 2.87. The number of rotatable bonds is 3. The van der Waals surface area contributed by atoms with Gasteiger partial charge in [-0.25, -0.2) is 5.84 Å². The first-order valence-electron chi connectivity index (χ1n) is 5.50. The first-order chi connectivity index (χ1) is 9.08. The minimum Gasteiger partial charge on any atom is -0.497 e. The van der Waals surface area contributed by atoms with E-state index in [1.165, 1.54) is 14.0 Å². The van der Waals surface area contributed by atoms with E-state index < -0.39 is 5.91 Å². The number of hydrogen-bond donors (Lipinski definition) is 3. The van der Waals surface area contributed by atoms with Gasteiger partial charge < -0.3 is 10.1 Å². The number of methoxy groups -OCH3 is 1. The second-order valence-corrected chi connectivity index (χ2v) is 3.60. The van der Waals surface area contributed by atoms with Crippen LogP contribution in [0.15, 0.2) is 18.2 Å². The second kappa shape index (κ2) is 7.03. The topological polar surface area (TPSA) is 93.4 Å². The van der Waals surface area contributed by atoms with Crippen LogP contribution in [0.5, 0.6) is 5.75 Å². The van der Waals surface area contributed by atoms with Crippen LogP contribution in [0.25, 0.3) is 0 Å². The van der Waals surface area contributed by atoms with Crippen LogP contribution >= 0.6 is 0 Å². The van der Waals surface area contributed by atoms with Crippen molar-refractivity contribution in [3.63, 3.8) is 0 Å². The molecule has 0 unspecified atom stereocenters. The Bertz CT molecular complexity index is 544. The van der Waals surface area contributed by atoms with Gasteiger partial charge in [-0.2, -0.15) is 0 Å². The van der Waals surface area contributed by atoms with Crippen LogP contribution in [-0.4, -0.2) is 25.5 Å². The molecule has 100 valence electrons. The van der Waals surface area contributed by atoms with Crippen LogP contribution in [0, 0.1) is 11.8 Å². The van der Waals surface area contributed by atoms with Crippen LogP contribution in [0.2, 0.25) is 0 Å². The van der Waals surface area contributed by atoms with E-state index in [-0.39, 0.29) is 12.5 Å². The molecule has 6 nitrogen and oxygen atoms in total. The second-order valence-electron chi connectivity index (χ2n) is 3.60. The Morgan fingerprint density at radius 1 is 1.42 bits per heavy atom. The highest BCUT2D eigenvalue weighted by Crippen LogP contribution is 2.16. The lowest BCUT2D eigenvalue weighted by molar-refractivity contribution is -0.118. The summed E-state index contributed by atoms with van der Waals surface area (Å²) in [7, 11) is 1.50. The van der Waals surface area contributed by atoms with E-state index in [1.807, 2.05) is 5.43 Å². The molecule has 0 aliphatic heterocycles. The molecule has 1 aromatic rings. The van der Waals surface area contributed by atoms with E-state index in [9.17, 15) is 9.59 Å². The van der Waals surface area contributed by atoms with E-state index >= 15 is 0 Å². The van der Waals surface area contributed by atoms with Crippen molar-refractivity contribution in [2.75, 3.05) is 13.7 Å². The van der Waals surface area contributed by atoms with Crippen LogP contribution in [-0.2, 0) is 4.79 Å². The molecule has 4 N–H and O–H groups in total. The molecule has 1 rings (SSSR count). The smallest absolute Gasteiger partial charge is 0.266 e. The van der Waals surface area contributed by atoms with Crippen LogP contribution in [0.1, 0.15) is 22.8 Å². The molecule has 0 aliphatic carbocycles. The highest BCUT2D eigenvalue weighted by atomic mass is 16.5. The predicted octanol–water partition coefficient (Wildman–Crippen LogP) is -0.214. The maximum atomic E-state index is 11.6. The van der Waals surface area contributed by atoms with Crippen molar-refractivity contribution in [2.24, 2.45) is 5.84 Å². The summed E-state index contributed by atoms with van der Waals surface area (Å²) < 4.78 is 5.04. The summed E-state index contributed by atoms with van der Waals surface area (Å²) in [6, 6.07) is 4.89. The fourth-order valence-corrected chi connectivity index (χ4v) is 1.33. The summed E-state index contributed by atoms with van der Waals surface area (Å²) in [5.74, 6) is 10.6. The molecule has 0 saturated heterocycles. The largest absolute Gasteiger partial charge is 0.497 e. The number of nitrogen functional groups attached to an aromatic ring is 1. The molecule has 0 aromatic heterocycles. The molecule has 0 aliphatic rings. The quantitative estimate of drug-likeness (QED) is 0.304. The van der Waals surface area contributed by atoms with Crippen LogP contribution in [0.3, 0.4) is 0 Å². The van der Waals surface area contributed by atoms with Gasteiger partial charge in [-0.1, -0.05) is 11.8 Å². The highest BCUT2D eigenvalue weighted by molar-refractivity contribution is 5.96. The summed E-state index contributed by atoms with van der Waals surface area (Å²) in [6.07, 6.45) is 0. The average Bonchev–Trinajstić information content (AvgIpc) is 2.42. The van der Waals surface area contributed by atoms with Gasteiger partial charge in [0, 0.05) is 12.5 Å². The average molecular weight is 261 g/mol. The fourth-order valence-electron chi connectivity index (χ4n) is 1.33. The van der Waals surface area contributed by atoms with Gasteiger partial charge in [0.1, 0.15) is 5.75 Å². The van der Waals surface area contributed by atoms with Gasteiger partial charge in [-0.15, -0.1) is 0 Å². The number of ether oxygens (including phenoxy) is 1. The molecule has 1 aromatic carbocycles. The Morgan fingerprint density at radius 2 is 2.16 bits per heavy atom. The monoisotopic (exact) mass is 261 g/mol.